The number of esters is 1. The zero-order chi connectivity index (χ0) is 23.3. The number of hydrogen-bond donors (Lipinski definition) is 0. The normalized spacial score (nSPS) is 14.6. The minimum absolute atomic E-state index is 0.0145. The van der Waals surface area contributed by atoms with E-state index in [9.17, 15) is 18.0 Å². The van der Waals surface area contributed by atoms with Crippen LogP contribution in [0, 0.1) is 0 Å². The molecule has 0 saturated carbocycles. The standard InChI is InChI=1S/C24H22N2O6S/c27-23-21-13-7-8-14-22(21)26(33(29,30)25(23)17-19-9-3-1-4-10-19)18-31-15-16-32-24(28)20-11-5-2-6-12-20/h1-14H,15-18H2. The Hall–Kier alpha value is -3.69. The molecule has 4 rings (SSSR count). The van der Waals surface area contributed by atoms with Crippen molar-refractivity contribution in [2.75, 3.05) is 24.2 Å². The molecule has 170 valence electrons. The molecule has 0 aliphatic carbocycles. The SMILES string of the molecule is O=C(OCCOCN1c2ccccc2C(=O)N(Cc2ccccc2)S1(=O)=O)c1ccccc1. The van der Waals surface area contributed by atoms with Gasteiger partial charge in [-0.15, -0.1) is 0 Å². The first-order chi connectivity index (χ1) is 16.0. The summed E-state index contributed by atoms with van der Waals surface area (Å²) in [4.78, 5) is 25.0. The van der Waals surface area contributed by atoms with Gasteiger partial charge in [0, 0.05) is 0 Å². The van der Waals surface area contributed by atoms with Crippen LogP contribution < -0.4 is 4.31 Å². The van der Waals surface area contributed by atoms with Gasteiger partial charge in [0.05, 0.1) is 30.0 Å². The van der Waals surface area contributed by atoms with E-state index in [4.69, 9.17) is 9.47 Å². The van der Waals surface area contributed by atoms with Gasteiger partial charge in [-0.3, -0.25) is 4.79 Å². The van der Waals surface area contributed by atoms with Crippen LogP contribution in [0.4, 0.5) is 5.69 Å². The maximum absolute atomic E-state index is 13.3. The van der Waals surface area contributed by atoms with Gasteiger partial charge in [0.1, 0.15) is 13.3 Å². The van der Waals surface area contributed by atoms with Crippen LogP contribution in [0.3, 0.4) is 0 Å². The quantitative estimate of drug-likeness (QED) is 0.374. The number of benzene rings is 3. The summed E-state index contributed by atoms with van der Waals surface area (Å²) in [5, 5.41) is 0. The molecule has 9 heteroatoms. The van der Waals surface area contributed by atoms with Crippen LogP contribution in [-0.2, 0) is 26.2 Å². The number of para-hydroxylation sites is 1. The minimum Gasteiger partial charge on any atom is -0.460 e. The molecule has 1 aliphatic rings. The Balaban J connectivity index is 1.45. The average molecular weight is 467 g/mol. The number of fused-ring (bicyclic) bond motifs is 1. The summed E-state index contributed by atoms with van der Waals surface area (Å²) in [5.41, 5.74) is 1.61. The van der Waals surface area contributed by atoms with Crippen LogP contribution in [0.5, 0.6) is 0 Å². The van der Waals surface area contributed by atoms with Crippen molar-refractivity contribution in [3.8, 4) is 0 Å². The molecule has 3 aromatic carbocycles. The molecule has 1 heterocycles. The van der Waals surface area contributed by atoms with E-state index in [0.717, 1.165) is 8.61 Å². The van der Waals surface area contributed by atoms with Crippen molar-refractivity contribution < 1.29 is 27.5 Å². The highest BCUT2D eigenvalue weighted by molar-refractivity contribution is 7.91. The van der Waals surface area contributed by atoms with Crippen molar-refractivity contribution in [3.05, 3.63) is 102 Å². The third kappa shape index (κ3) is 4.89. The number of carbonyl (C=O) groups is 2. The van der Waals surface area contributed by atoms with E-state index in [-0.39, 0.29) is 37.7 Å². The molecule has 0 radical (unpaired) electrons. The lowest BCUT2D eigenvalue weighted by molar-refractivity contribution is 0.0327. The molecule has 1 amide bonds. The largest absolute Gasteiger partial charge is 0.460 e. The van der Waals surface area contributed by atoms with Crippen molar-refractivity contribution >= 4 is 27.8 Å². The van der Waals surface area contributed by atoms with E-state index in [2.05, 4.69) is 0 Å². The van der Waals surface area contributed by atoms with Crippen LogP contribution in [0.2, 0.25) is 0 Å². The van der Waals surface area contributed by atoms with E-state index in [1.165, 1.54) is 0 Å². The lowest BCUT2D eigenvalue weighted by atomic mass is 10.1. The summed E-state index contributed by atoms with van der Waals surface area (Å²) in [6.07, 6.45) is 0. The maximum Gasteiger partial charge on any atom is 0.338 e. The zero-order valence-electron chi connectivity index (χ0n) is 17.7. The van der Waals surface area contributed by atoms with Crippen molar-refractivity contribution in [3.63, 3.8) is 0 Å². The van der Waals surface area contributed by atoms with Crippen molar-refractivity contribution in [1.29, 1.82) is 0 Å². The summed E-state index contributed by atoms with van der Waals surface area (Å²) < 4.78 is 39.2. The molecule has 1 aliphatic heterocycles. The van der Waals surface area contributed by atoms with Crippen LogP contribution in [0.15, 0.2) is 84.9 Å². The Morgan fingerprint density at radius 2 is 1.42 bits per heavy atom. The molecular weight excluding hydrogens is 444 g/mol. The third-order valence-corrected chi connectivity index (χ3v) is 6.75. The van der Waals surface area contributed by atoms with Gasteiger partial charge in [0.2, 0.25) is 0 Å². The summed E-state index contributed by atoms with van der Waals surface area (Å²) in [6.45, 7) is -0.488. The number of hydrogen-bond acceptors (Lipinski definition) is 6. The van der Waals surface area contributed by atoms with E-state index < -0.39 is 22.1 Å². The lowest BCUT2D eigenvalue weighted by Crippen LogP contribution is -2.51. The first kappa shape index (κ1) is 22.5. The molecular formula is C24H22N2O6S. The smallest absolute Gasteiger partial charge is 0.338 e. The van der Waals surface area contributed by atoms with Crippen molar-refractivity contribution in [2.45, 2.75) is 6.54 Å². The maximum atomic E-state index is 13.3. The fourth-order valence-electron chi connectivity index (χ4n) is 3.39. The number of nitrogens with zero attached hydrogens (tertiary/aromatic N) is 2. The predicted octanol–water partition coefficient (Wildman–Crippen LogP) is 3.22. The van der Waals surface area contributed by atoms with Gasteiger partial charge < -0.3 is 9.47 Å². The van der Waals surface area contributed by atoms with Gasteiger partial charge in [0.15, 0.2) is 0 Å². The summed E-state index contributed by atoms with van der Waals surface area (Å²) in [6, 6.07) is 23.9. The van der Waals surface area contributed by atoms with Gasteiger partial charge >= 0.3 is 16.2 Å². The molecule has 33 heavy (non-hydrogen) atoms. The highest BCUT2D eigenvalue weighted by Gasteiger charge is 2.41. The van der Waals surface area contributed by atoms with Gasteiger partial charge in [-0.2, -0.15) is 8.42 Å². The Morgan fingerprint density at radius 1 is 0.788 bits per heavy atom. The summed E-state index contributed by atoms with van der Waals surface area (Å²) in [5.74, 6) is -1.09. The minimum atomic E-state index is -4.19. The number of rotatable bonds is 8. The molecule has 0 unspecified atom stereocenters. The second-order valence-electron chi connectivity index (χ2n) is 7.21. The Kier molecular flexibility index (Phi) is 6.71. The number of carbonyl (C=O) groups excluding carboxylic acids is 2. The number of ether oxygens (including phenoxy) is 2. The number of anilines is 1. The van der Waals surface area contributed by atoms with E-state index in [0.29, 0.717) is 11.1 Å². The Bertz CT molecular complexity index is 1230. The first-order valence-electron chi connectivity index (χ1n) is 10.3. The van der Waals surface area contributed by atoms with Crippen LogP contribution in [0.25, 0.3) is 0 Å². The van der Waals surface area contributed by atoms with Crippen LogP contribution >= 0.6 is 0 Å². The molecule has 0 N–H and O–H groups in total. The van der Waals surface area contributed by atoms with Crippen LogP contribution in [-0.4, -0.2) is 44.5 Å². The predicted molar refractivity (Wildman–Crippen MR) is 122 cm³/mol. The highest BCUT2D eigenvalue weighted by atomic mass is 32.2. The first-order valence-corrected chi connectivity index (χ1v) is 11.7. The average Bonchev–Trinajstić information content (AvgIpc) is 2.84. The van der Waals surface area contributed by atoms with Crippen molar-refractivity contribution in [1.82, 2.24) is 4.31 Å². The highest BCUT2D eigenvalue weighted by Crippen LogP contribution is 2.33. The molecule has 8 nitrogen and oxygen atoms in total. The lowest BCUT2D eigenvalue weighted by Gasteiger charge is -2.36. The Morgan fingerprint density at radius 3 is 2.15 bits per heavy atom. The Labute approximate surface area is 192 Å². The van der Waals surface area contributed by atoms with Crippen molar-refractivity contribution in [2.24, 2.45) is 0 Å². The van der Waals surface area contributed by atoms with Gasteiger partial charge in [-0.25, -0.2) is 13.4 Å². The number of amides is 1. The van der Waals surface area contributed by atoms with E-state index in [1.54, 1.807) is 78.9 Å². The molecule has 0 atom stereocenters. The molecule has 0 aromatic heterocycles. The van der Waals surface area contributed by atoms with Gasteiger partial charge in [0.25, 0.3) is 5.91 Å². The second kappa shape index (κ2) is 9.85. The zero-order valence-corrected chi connectivity index (χ0v) is 18.5. The molecule has 0 fully saturated rings. The van der Waals surface area contributed by atoms with E-state index >= 15 is 0 Å². The van der Waals surface area contributed by atoms with Crippen LogP contribution in [0.1, 0.15) is 26.3 Å². The molecule has 0 spiro atoms. The molecule has 0 saturated heterocycles. The fourth-order valence-corrected chi connectivity index (χ4v) is 4.87. The molecule has 3 aromatic rings. The van der Waals surface area contributed by atoms with Gasteiger partial charge in [-0.05, 0) is 29.8 Å². The molecule has 0 bridgehead atoms. The monoisotopic (exact) mass is 466 g/mol. The topological polar surface area (TPSA) is 93.2 Å². The fraction of sp³-hybridized carbons (Fsp3) is 0.167. The van der Waals surface area contributed by atoms with E-state index in [1.807, 2.05) is 6.07 Å². The third-order valence-electron chi connectivity index (χ3n) is 5.03. The second-order valence-corrected chi connectivity index (χ2v) is 8.99. The van der Waals surface area contributed by atoms with Gasteiger partial charge in [-0.1, -0.05) is 60.7 Å². The summed E-state index contributed by atoms with van der Waals surface area (Å²) in [7, 11) is -4.19. The summed E-state index contributed by atoms with van der Waals surface area (Å²) >= 11 is 0.